The Morgan fingerprint density at radius 2 is 1.63 bits per heavy atom. The number of anilines is 1. The third-order valence-electron chi connectivity index (χ3n) is 3.02. The zero-order chi connectivity index (χ0) is 14.0. The van der Waals surface area contributed by atoms with Gasteiger partial charge >= 0.3 is 0 Å². The molecule has 0 radical (unpaired) electrons. The summed E-state index contributed by atoms with van der Waals surface area (Å²) in [6.07, 6.45) is 0. The molecule has 1 N–H and O–H groups in total. The van der Waals surface area contributed by atoms with Crippen LogP contribution in [0.3, 0.4) is 0 Å². The van der Waals surface area contributed by atoms with Gasteiger partial charge in [-0.05, 0) is 43.7 Å². The summed E-state index contributed by atoms with van der Waals surface area (Å²) in [6, 6.07) is 7.70. The van der Waals surface area contributed by atoms with Crippen molar-refractivity contribution in [2.24, 2.45) is 0 Å². The van der Waals surface area contributed by atoms with Crippen molar-refractivity contribution in [3.05, 3.63) is 65.0 Å². The number of hydrogen-bond donors (Lipinski definition) is 1. The summed E-state index contributed by atoms with van der Waals surface area (Å²) in [7, 11) is 0. The Labute approximate surface area is 110 Å². The van der Waals surface area contributed by atoms with E-state index in [-0.39, 0.29) is 11.9 Å². The zero-order valence-corrected chi connectivity index (χ0v) is 10.7. The van der Waals surface area contributed by atoms with E-state index in [1.807, 2.05) is 0 Å². The molecule has 0 saturated heterocycles. The van der Waals surface area contributed by atoms with E-state index in [0.29, 0.717) is 16.8 Å². The molecule has 1 nitrogen and oxygen atoms in total. The van der Waals surface area contributed by atoms with Crippen LogP contribution in [0, 0.1) is 24.4 Å². The van der Waals surface area contributed by atoms with Crippen LogP contribution in [-0.4, -0.2) is 0 Å². The van der Waals surface area contributed by atoms with Gasteiger partial charge in [0.2, 0.25) is 0 Å². The molecule has 0 heterocycles. The fraction of sp³-hybridized carbons (Fsp3) is 0.200. The highest BCUT2D eigenvalue weighted by atomic mass is 19.1. The SMILES string of the molecule is Cc1c(F)cccc1NC(C)c1cc(F)cc(F)c1. The number of rotatable bonds is 3. The van der Waals surface area contributed by atoms with E-state index < -0.39 is 11.6 Å². The summed E-state index contributed by atoms with van der Waals surface area (Å²) < 4.78 is 39.7. The highest BCUT2D eigenvalue weighted by molar-refractivity contribution is 5.52. The van der Waals surface area contributed by atoms with Crippen LogP contribution in [0.25, 0.3) is 0 Å². The maximum atomic E-state index is 13.4. The molecule has 1 atom stereocenters. The standard InChI is InChI=1S/C15H14F3N/c1-9-14(18)4-3-5-15(9)19-10(2)11-6-12(16)8-13(17)7-11/h3-8,10,19H,1-2H3. The molecule has 0 aliphatic heterocycles. The van der Waals surface area contributed by atoms with Crippen molar-refractivity contribution in [2.75, 3.05) is 5.32 Å². The van der Waals surface area contributed by atoms with Crippen molar-refractivity contribution in [1.82, 2.24) is 0 Å². The van der Waals surface area contributed by atoms with Gasteiger partial charge in [-0.2, -0.15) is 0 Å². The first kappa shape index (κ1) is 13.5. The molecule has 2 aromatic carbocycles. The normalized spacial score (nSPS) is 12.3. The van der Waals surface area contributed by atoms with E-state index in [4.69, 9.17) is 0 Å². The molecule has 2 aromatic rings. The van der Waals surface area contributed by atoms with Gasteiger partial charge in [-0.15, -0.1) is 0 Å². The lowest BCUT2D eigenvalue weighted by molar-refractivity contribution is 0.577. The van der Waals surface area contributed by atoms with Gasteiger partial charge in [-0.1, -0.05) is 6.07 Å². The fourth-order valence-electron chi connectivity index (χ4n) is 1.91. The number of hydrogen-bond acceptors (Lipinski definition) is 1. The average Bonchev–Trinajstić information content (AvgIpc) is 2.33. The van der Waals surface area contributed by atoms with Crippen LogP contribution in [0.15, 0.2) is 36.4 Å². The summed E-state index contributed by atoms with van der Waals surface area (Å²) >= 11 is 0. The molecular weight excluding hydrogens is 251 g/mol. The lowest BCUT2D eigenvalue weighted by Gasteiger charge is -2.18. The number of nitrogens with one attached hydrogen (secondary N) is 1. The van der Waals surface area contributed by atoms with Crippen LogP contribution in [0.2, 0.25) is 0 Å². The van der Waals surface area contributed by atoms with Gasteiger partial charge in [0.15, 0.2) is 0 Å². The minimum absolute atomic E-state index is 0.317. The Morgan fingerprint density at radius 3 is 2.26 bits per heavy atom. The van der Waals surface area contributed by atoms with Crippen LogP contribution in [0.1, 0.15) is 24.1 Å². The van der Waals surface area contributed by atoms with Crippen molar-refractivity contribution in [3.63, 3.8) is 0 Å². The van der Waals surface area contributed by atoms with Gasteiger partial charge in [0.05, 0.1) is 0 Å². The first-order valence-electron chi connectivity index (χ1n) is 5.95. The highest BCUT2D eigenvalue weighted by Gasteiger charge is 2.11. The van der Waals surface area contributed by atoms with E-state index in [1.165, 1.54) is 18.2 Å². The van der Waals surface area contributed by atoms with E-state index >= 15 is 0 Å². The summed E-state index contributed by atoms with van der Waals surface area (Å²) in [5.74, 6) is -1.57. The molecule has 19 heavy (non-hydrogen) atoms. The van der Waals surface area contributed by atoms with E-state index in [1.54, 1.807) is 26.0 Å². The van der Waals surface area contributed by atoms with Gasteiger partial charge in [0.25, 0.3) is 0 Å². The summed E-state index contributed by atoms with van der Waals surface area (Å²) in [5, 5.41) is 3.05. The van der Waals surface area contributed by atoms with Crippen molar-refractivity contribution < 1.29 is 13.2 Å². The predicted octanol–water partition coefficient (Wildman–Crippen LogP) is 4.59. The van der Waals surface area contributed by atoms with Crippen molar-refractivity contribution in [3.8, 4) is 0 Å². The minimum atomic E-state index is -0.625. The topological polar surface area (TPSA) is 12.0 Å². The number of halogens is 3. The number of benzene rings is 2. The minimum Gasteiger partial charge on any atom is -0.378 e. The first-order valence-corrected chi connectivity index (χ1v) is 5.95. The Hall–Kier alpha value is -1.97. The van der Waals surface area contributed by atoms with Crippen LogP contribution >= 0.6 is 0 Å². The molecule has 0 saturated carbocycles. The monoisotopic (exact) mass is 265 g/mol. The third-order valence-corrected chi connectivity index (χ3v) is 3.02. The van der Waals surface area contributed by atoms with Crippen LogP contribution in [0.4, 0.5) is 18.9 Å². The predicted molar refractivity (Wildman–Crippen MR) is 69.5 cm³/mol. The van der Waals surface area contributed by atoms with Crippen LogP contribution in [-0.2, 0) is 0 Å². The molecule has 1 unspecified atom stereocenters. The van der Waals surface area contributed by atoms with Crippen molar-refractivity contribution in [1.29, 1.82) is 0 Å². The fourth-order valence-corrected chi connectivity index (χ4v) is 1.91. The Morgan fingerprint density at radius 1 is 1.00 bits per heavy atom. The maximum absolute atomic E-state index is 13.4. The zero-order valence-electron chi connectivity index (χ0n) is 10.7. The molecule has 0 aliphatic carbocycles. The quantitative estimate of drug-likeness (QED) is 0.856. The molecule has 0 aliphatic rings. The summed E-state index contributed by atoms with van der Waals surface area (Å²) in [5.41, 5.74) is 1.56. The van der Waals surface area contributed by atoms with Crippen molar-refractivity contribution in [2.45, 2.75) is 19.9 Å². The second-order valence-corrected chi connectivity index (χ2v) is 4.48. The van der Waals surface area contributed by atoms with Crippen LogP contribution in [0.5, 0.6) is 0 Å². The Kier molecular flexibility index (Phi) is 3.79. The molecule has 2 rings (SSSR count). The summed E-state index contributed by atoms with van der Waals surface area (Å²) in [6.45, 7) is 3.41. The second-order valence-electron chi connectivity index (χ2n) is 4.48. The molecule has 4 heteroatoms. The maximum Gasteiger partial charge on any atom is 0.128 e. The molecule has 0 bridgehead atoms. The van der Waals surface area contributed by atoms with Gasteiger partial charge in [-0.3, -0.25) is 0 Å². The highest BCUT2D eigenvalue weighted by Crippen LogP contribution is 2.24. The van der Waals surface area contributed by atoms with Gasteiger partial charge in [0.1, 0.15) is 17.5 Å². The van der Waals surface area contributed by atoms with Gasteiger partial charge in [0, 0.05) is 23.4 Å². The first-order chi connectivity index (χ1) is 8.97. The molecule has 0 fully saturated rings. The Balaban J connectivity index is 2.25. The smallest absolute Gasteiger partial charge is 0.128 e. The van der Waals surface area contributed by atoms with Crippen LogP contribution < -0.4 is 5.32 Å². The molecular formula is C15H14F3N. The molecule has 0 amide bonds. The third kappa shape index (κ3) is 3.08. The molecule has 0 spiro atoms. The largest absolute Gasteiger partial charge is 0.378 e. The van der Waals surface area contributed by atoms with E-state index in [0.717, 1.165) is 6.07 Å². The molecule has 0 aromatic heterocycles. The van der Waals surface area contributed by atoms with Gasteiger partial charge in [-0.25, -0.2) is 13.2 Å². The average molecular weight is 265 g/mol. The lowest BCUT2D eigenvalue weighted by atomic mass is 10.1. The lowest BCUT2D eigenvalue weighted by Crippen LogP contribution is -2.09. The van der Waals surface area contributed by atoms with E-state index in [2.05, 4.69) is 5.32 Å². The van der Waals surface area contributed by atoms with Crippen molar-refractivity contribution >= 4 is 5.69 Å². The summed E-state index contributed by atoms with van der Waals surface area (Å²) in [4.78, 5) is 0. The Bertz CT molecular complexity index is 576. The second kappa shape index (κ2) is 5.34. The van der Waals surface area contributed by atoms with E-state index in [9.17, 15) is 13.2 Å². The van der Waals surface area contributed by atoms with Gasteiger partial charge < -0.3 is 5.32 Å². The molecule has 100 valence electrons.